The van der Waals surface area contributed by atoms with Gasteiger partial charge in [0.05, 0.1) is 6.10 Å². The van der Waals surface area contributed by atoms with Crippen molar-refractivity contribution in [2.75, 3.05) is 0 Å². The number of aliphatic hydroxyl groups excluding tert-OH is 1. The standard InChI is InChI=1S/C11H10.C9H20O/c1-9-5-4-7-10-6-2-3-8-11(9)10;1-7(2)5-9(10)6-8(3)4/h2-8H,1H3;7-10H,5-6H2,1-4H3. The first-order valence-electron chi connectivity index (χ1n) is 8.02. The third-order valence-corrected chi connectivity index (χ3v) is 3.49. The van der Waals surface area contributed by atoms with Crippen molar-refractivity contribution in [3.63, 3.8) is 0 Å². The highest BCUT2D eigenvalue weighted by atomic mass is 16.3. The maximum absolute atomic E-state index is 9.39. The van der Waals surface area contributed by atoms with Gasteiger partial charge in [-0.05, 0) is 47.9 Å². The van der Waals surface area contributed by atoms with Gasteiger partial charge in [-0.25, -0.2) is 0 Å². The highest BCUT2D eigenvalue weighted by Gasteiger charge is 2.08. The molecule has 0 radical (unpaired) electrons. The van der Waals surface area contributed by atoms with E-state index in [1.54, 1.807) is 0 Å². The second-order valence-corrected chi connectivity index (χ2v) is 6.71. The molecule has 21 heavy (non-hydrogen) atoms. The number of aliphatic hydroxyl groups is 1. The van der Waals surface area contributed by atoms with Crippen LogP contribution in [0.3, 0.4) is 0 Å². The van der Waals surface area contributed by atoms with E-state index >= 15 is 0 Å². The summed E-state index contributed by atoms with van der Waals surface area (Å²) >= 11 is 0. The van der Waals surface area contributed by atoms with E-state index in [1.165, 1.54) is 16.3 Å². The molecule has 0 aliphatic rings. The SMILES string of the molecule is CC(C)CC(O)CC(C)C.Cc1cccc2ccccc12. The van der Waals surface area contributed by atoms with E-state index in [2.05, 4.69) is 77.1 Å². The molecule has 2 aromatic rings. The van der Waals surface area contributed by atoms with Gasteiger partial charge in [0.2, 0.25) is 0 Å². The van der Waals surface area contributed by atoms with E-state index in [4.69, 9.17) is 0 Å². The number of fused-ring (bicyclic) bond motifs is 1. The van der Waals surface area contributed by atoms with E-state index in [1.807, 2.05) is 0 Å². The maximum atomic E-state index is 9.39. The summed E-state index contributed by atoms with van der Waals surface area (Å²) in [6.07, 6.45) is 1.80. The Labute approximate surface area is 130 Å². The van der Waals surface area contributed by atoms with Crippen LogP contribution >= 0.6 is 0 Å². The fraction of sp³-hybridized carbons (Fsp3) is 0.500. The molecule has 0 heterocycles. The van der Waals surface area contributed by atoms with E-state index in [0.29, 0.717) is 11.8 Å². The van der Waals surface area contributed by atoms with Gasteiger partial charge < -0.3 is 5.11 Å². The molecule has 116 valence electrons. The van der Waals surface area contributed by atoms with E-state index in [-0.39, 0.29) is 6.10 Å². The fourth-order valence-electron chi connectivity index (χ4n) is 2.57. The Hall–Kier alpha value is -1.34. The summed E-state index contributed by atoms with van der Waals surface area (Å²) in [6, 6.07) is 14.8. The predicted octanol–water partition coefficient (Wildman–Crippen LogP) is 5.59. The monoisotopic (exact) mass is 286 g/mol. The van der Waals surface area contributed by atoms with Crippen molar-refractivity contribution in [3.05, 3.63) is 48.0 Å². The molecule has 1 nitrogen and oxygen atoms in total. The Morgan fingerprint density at radius 3 is 1.86 bits per heavy atom. The summed E-state index contributed by atoms with van der Waals surface area (Å²) < 4.78 is 0. The smallest absolute Gasteiger partial charge is 0.0545 e. The second kappa shape index (κ2) is 8.84. The third kappa shape index (κ3) is 6.77. The van der Waals surface area contributed by atoms with Crippen molar-refractivity contribution >= 4 is 10.8 Å². The third-order valence-electron chi connectivity index (χ3n) is 3.49. The van der Waals surface area contributed by atoms with Gasteiger partial charge in [-0.15, -0.1) is 0 Å². The zero-order valence-electron chi connectivity index (χ0n) is 14.1. The lowest BCUT2D eigenvalue weighted by atomic mass is 9.98. The van der Waals surface area contributed by atoms with Crippen LogP contribution in [0.4, 0.5) is 0 Å². The molecule has 0 aliphatic heterocycles. The minimum Gasteiger partial charge on any atom is -0.393 e. The van der Waals surface area contributed by atoms with Crippen LogP contribution in [0, 0.1) is 18.8 Å². The molecule has 0 amide bonds. The van der Waals surface area contributed by atoms with E-state index in [9.17, 15) is 5.11 Å². The van der Waals surface area contributed by atoms with Crippen molar-refractivity contribution in [2.45, 2.75) is 53.6 Å². The number of aryl methyl sites for hydroxylation is 1. The molecule has 0 aliphatic carbocycles. The highest BCUT2D eigenvalue weighted by molar-refractivity contribution is 5.85. The number of hydrogen-bond acceptors (Lipinski definition) is 1. The molecule has 1 N–H and O–H groups in total. The van der Waals surface area contributed by atoms with Gasteiger partial charge in [-0.3, -0.25) is 0 Å². The molecule has 1 heteroatoms. The minimum atomic E-state index is -0.0833. The summed E-state index contributed by atoms with van der Waals surface area (Å²) in [5.41, 5.74) is 1.35. The molecule has 2 rings (SSSR count). The largest absolute Gasteiger partial charge is 0.393 e. The van der Waals surface area contributed by atoms with Gasteiger partial charge in [-0.2, -0.15) is 0 Å². The Morgan fingerprint density at radius 1 is 0.810 bits per heavy atom. The molecular weight excluding hydrogens is 256 g/mol. The Morgan fingerprint density at radius 2 is 1.33 bits per heavy atom. The van der Waals surface area contributed by atoms with Crippen molar-refractivity contribution in [1.29, 1.82) is 0 Å². The van der Waals surface area contributed by atoms with Crippen LogP contribution in [0.15, 0.2) is 42.5 Å². The molecule has 2 aromatic carbocycles. The average Bonchev–Trinajstić information content (AvgIpc) is 2.38. The number of rotatable bonds is 4. The first-order valence-corrected chi connectivity index (χ1v) is 8.02. The molecule has 0 bridgehead atoms. The molecule has 0 saturated carbocycles. The second-order valence-electron chi connectivity index (χ2n) is 6.71. The Kier molecular flexibility index (Phi) is 7.45. The van der Waals surface area contributed by atoms with Crippen LogP contribution in [-0.2, 0) is 0 Å². The van der Waals surface area contributed by atoms with Gasteiger partial charge in [-0.1, -0.05) is 70.2 Å². The fourth-order valence-corrected chi connectivity index (χ4v) is 2.57. The summed E-state index contributed by atoms with van der Waals surface area (Å²) in [6.45, 7) is 10.7. The van der Waals surface area contributed by atoms with Crippen LogP contribution in [0.1, 0.15) is 46.1 Å². The molecular formula is C20H30O. The van der Waals surface area contributed by atoms with E-state index < -0.39 is 0 Å². The van der Waals surface area contributed by atoms with Crippen LogP contribution in [0.25, 0.3) is 10.8 Å². The maximum Gasteiger partial charge on any atom is 0.0545 e. The normalized spacial score (nSPS) is 11.1. The quantitative estimate of drug-likeness (QED) is 0.777. The lowest BCUT2D eigenvalue weighted by Crippen LogP contribution is -2.12. The lowest BCUT2D eigenvalue weighted by Gasteiger charge is -2.14. The molecule has 0 fully saturated rings. The first-order chi connectivity index (χ1) is 9.90. The Bertz CT molecular complexity index is 513. The van der Waals surface area contributed by atoms with Gasteiger partial charge in [0.1, 0.15) is 0 Å². The summed E-state index contributed by atoms with van der Waals surface area (Å²) in [5.74, 6) is 1.24. The molecule has 0 atom stereocenters. The van der Waals surface area contributed by atoms with Crippen LogP contribution in [0.5, 0.6) is 0 Å². The first kappa shape index (κ1) is 17.7. The molecule has 0 spiro atoms. The zero-order valence-corrected chi connectivity index (χ0v) is 14.1. The molecule has 0 unspecified atom stereocenters. The Balaban J connectivity index is 0.000000212. The highest BCUT2D eigenvalue weighted by Crippen LogP contribution is 2.16. The predicted molar refractivity (Wildman–Crippen MR) is 93.6 cm³/mol. The zero-order chi connectivity index (χ0) is 15.8. The van der Waals surface area contributed by atoms with Crippen LogP contribution in [0.2, 0.25) is 0 Å². The van der Waals surface area contributed by atoms with Crippen molar-refractivity contribution in [3.8, 4) is 0 Å². The topological polar surface area (TPSA) is 20.2 Å². The average molecular weight is 286 g/mol. The molecule has 0 aromatic heterocycles. The molecule has 0 saturated heterocycles. The van der Waals surface area contributed by atoms with Crippen LogP contribution in [-0.4, -0.2) is 11.2 Å². The van der Waals surface area contributed by atoms with Crippen LogP contribution < -0.4 is 0 Å². The summed E-state index contributed by atoms with van der Waals surface area (Å²) in [4.78, 5) is 0. The summed E-state index contributed by atoms with van der Waals surface area (Å²) in [7, 11) is 0. The van der Waals surface area contributed by atoms with Gasteiger partial charge in [0.15, 0.2) is 0 Å². The van der Waals surface area contributed by atoms with Crippen molar-refractivity contribution in [1.82, 2.24) is 0 Å². The minimum absolute atomic E-state index is 0.0833. The van der Waals surface area contributed by atoms with Crippen molar-refractivity contribution < 1.29 is 5.11 Å². The summed E-state index contributed by atoms with van der Waals surface area (Å²) in [5, 5.41) is 12.1. The van der Waals surface area contributed by atoms with Crippen molar-refractivity contribution in [2.24, 2.45) is 11.8 Å². The van der Waals surface area contributed by atoms with Gasteiger partial charge in [0.25, 0.3) is 0 Å². The van der Waals surface area contributed by atoms with Gasteiger partial charge >= 0.3 is 0 Å². The number of benzene rings is 2. The van der Waals surface area contributed by atoms with Gasteiger partial charge in [0, 0.05) is 0 Å². The number of hydrogen-bond donors (Lipinski definition) is 1. The lowest BCUT2D eigenvalue weighted by molar-refractivity contribution is 0.125. The van der Waals surface area contributed by atoms with E-state index in [0.717, 1.165) is 12.8 Å².